The van der Waals surface area contributed by atoms with E-state index in [4.69, 9.17) is 10.5 Å². The van der Waals surface area contributed by atoms with E-state index in [1.807, 2.05) is 13.1 Å². The van der Waals surface area contributed by atoms with Crippen LogP contribution in [0.3, 0.4) is 0 Å². The molecule has 0 atom stereocenters. The number of rotatable bonds is 3. The number of ether oxygens (including phenoxy) is 1. The fourth-order valence-corrected chi connectivity index (χ4v) is 1.53. The van der Waals surface area contributed by atoms with E-state index < -0.39 is 0 Å². The molecule has 6 heteroatoms. The average molecular weight is 283 g/mol. The topological polar surface area (TPSA) is 66.0 Å². The number of hydrogen-bond donors (Lipinski definition) is 1. The number of pyridine rings is 1. The van der Waals surface area contributed by atoms with Gasteiger partial charge in [0.25, 0.3) is 0 Å². The van der Waals surface area contributed by atoms with Gasteiger partial charge >= 0.3 is 0 Å². The Morgan fingerprint density at radius 1 is 1.50 bits per heavy atom. The van der Waals surface area contributed by atoms with Gasteiger partial charge in [0.2, 0.25) is 5.88 Å². The van der Waals surface area contributed by atoms with E-state index in [9.17, 15) is 0 Å². The van der Waals surface area contributed by atoms with Crippen molar-refractivity contribution in [1.82, 2.24) is 14.8 Å². The third-order valence-electron chi connectivity index (χ3n) is 1.94. The minimum atomic E-state index is 0.437. The molecule has 2 heterocycles. The van der Waals surface area contributed by atoms with Crippen molar-refractivity contribution in [3.05, 3.63) is 29.0 Å². The predicted molar refractivity (Wildman–Crippen MR) is 64.6 cm³/mol. The number of nitrogens with two attached hydrogens (primary N) is 1. The molecule has 2 aromatic heterocycles. The van der Waals surface area contributed by atoms with Crippen LogP contribution < -0.4 is 10.5 Å². The highest BCUT2D eigenvalue weighted by molar-refractivity contribution is 9.10. The van der Waals surface area contributed by atoms with Crippen molar-refractivity contribution in [2.45, 2.75) is 6.92 Å². The SMILES string of the molecule is CCOc1nc(-n2cc(Br)cn2)ccc1N. The van der Waals surface area contributed by atoms with Crippen LogP contribution in [0.5, 0.6) is 5.88 Å². The molecule has 0 saturated carbocycles. The molecule has 0 aliphatic carbocycles. The molecule has 0 fully saturated rings. The van der Waals surface area contributed by atoms with Crippen LogP contribution in [0.1, 0.15) is 6.92 Å². The Kier molecular flexibility index (Phi) is 3.09. The van der Waals surface area contributed by atoms with Gasteiger partial charge in [-0.25, -0.2) is 4.68 Å². The lowest BCUT2D eigenvalue weighted by atomic mass is 10.4. The van der Waals surface area contributed by atoms with E-state index in [2.05, 4.69) is 26.0 Å². The van der Waals surface area contributed by atoms with Crippen molar-refractivity contribution in [3.63, 3.8) is 0 Å². The van der Waals surface area contributed by atoms with Gasteiger partial charge in [-0.15, -0.1) is 0 Å². The first kappa shape index (κ1) is 10.9. The second kappa shape index (κ2) is 4.52. The summed E-state index contributed by atoms with van der Waals surface area (Å²) in [5, 5.41) is 4.13. The van der Waals surface area contributed by atoms with Crippen molar-refractivity contribution in [2.24, 2.45) is 0 Å². The lowest BCUT2D eigenvalue weighted by Gasteiger charge is -2.07. The second-order valence-electron chi connectivity index (χ2n) is 3.10. The Labute approximate surface area is 101 Å². The van der Waals surface area contributed by atoms with Crippen LogP contribution in [-0.4, -0.2) is 21.4 Å². The van der Waals surface area contributed by atoms with Gasteiger partial charge in [0.1, 0.15) is 0 Å². The fraction of sp³-hybridized carbons (Fsp3) is 0.200. The Balaban J connectivity index is 2.39. The van der Waals surface area contributed by atoms with E-state index >= 15 is 0 Å². The summed E-state index contributed by atoms with van der Waals surface area (Å²) in [6.07, 6.45) is 3.51. The van der Waals surface area contributed by atoms with E-state index in [0.717, 1.165) is 4.47 Å². The molecular formula is C10H11BrN4O. The first-order valence-electron chi connectivity index (χ1n) is 4.80. The largest absolute Gasteiger partial charge is 0.476 e. The Morgan fingerprint density at radius 2 is 2.31 bits per heavy atom. The highest BCUT2D eigenvalue weighted by atomic mass is 79.9. The molecular weight excluding hydrogens is 272 g/mol. The van der Waals surface area contributed by atoms with E-state index in [-0.39, 0.29) is 0 Å². The first-order chi connectivity index (χ1) is 7.70. The number of aromatic nitrogens is 3. The van der Waals surface area contributed by atoms with Gasteiger partial charge in [0.05, 0.1) is 23.0 Å². The molecule has 0 radical (unpaired) electrons. The lowest BCUT2D eigenvalue weighted by Crippen LogP contribution is -2.04. The molecule has 0 saturated heterocycles. The van der Waals surface area contributed by atoms with Gasteiger partial charge in [-0.2, -0.15) is 10.1 Å². The van der Waals surface area contributed by atoms with Crippen molar-refractivity contribution in [2.75, 3.05) is 12.3 Å². The van der Waals surface area contributed by atoms with Gasteiger partial charge in [-0.1, -0.05) is 0 Å². The Bertz CT molecular complexity index is 497. The molecule has 2 N–H and O–H groups in total. The van der Waals surface area contributed by atoms with Gasteiger partial charge in [0.15, 0.2) is 5.82 Å². The second-order valence-corrected chi connectivity index (χ2v) is 4.02. The molecule has 0 spiro atoms. The number of nitrogens with zero attached hydrogens (tertiary/aromatic N) is 3. The molecule has 84 valence electrons. The maximum Gasteiger partial charge on any atom is 0.239 e. The molecule has 0 amide bonds. The third kappa shape index (κ3) is 2.16. The van der Waals surface area contributed by atoms with Gasteiger partial charge in [0, 0.05) is 6.20 Å². The van der Waals surface area contributed by atoms with E-state index in [1.165, 1.54) is 0 Å². The van der Waals surface area contributed by atoms with Crippen molar-refractivity contribution >= 4 is 21.6 Å². The minimum Gasteiger partial charge on any atom is -0.476 e. The number of halogens is 1. The molecule has 0 aliphatic rings. The molecule has 0 bridgehead atoms. The summed E-state index contributed by atoms with van der Waals surface area (Å²) >= 11 is 3.33. The highest BCUT2D eigenvalue weighted by Gasteiger charge is 2.06. The molecule has 0 aromatic carbocycles. The number of anilines is 1. The smallest absolute Gasteiger partial charge is 0.239 e. The first-order valence-corrected chi connectivity index (χ1v) is 5.60. The van der Waals surface area contributed by atoms with Crippen molar-refractivity contribution in [1.29, 1.82) is 0 Å². The quantitative estimate of drug-likeness (QED) is 0.935. The standard InChI is InChI=1S/C10H11BrN4O/c1-2-16-10-8(12)3-4-9(14-10)15-6-7(11)5-13-15/h3-6H,2,12H2,1H3. The zero-order chi connectivity index (χ0) is 11.5. The number of nitrogen functional groups attached to an aromatic ring is 1. The predicted octanol–water partition coefficient (Wildman–Crippen LogP) is 2.01. The van der Waals surface area contributed by atoms with Gasteiger partial charge in [-0.3, -0.25) is 0 Å². The highest BCUT2D eigenvalue weighted by Crippen LogP contribution is 2.20. The molecule has 16 heavy (non-hydrogen) atoms. The summed E-state index contributed by atoms with van der Waals surface area (Å²) in [6.45, 7) is 2.42. The molecule has 2 aromatic rings. The average Bonchev–Trinajstić information content (AvgIpc) is 2.69. The van der Waals surface area contributed by atoms with Crippen LogP contribution in [0.25, 0.3) is 5.82 Å². The monoisotopic (exact) mass is 282 g/mol. The number of hydrogen-bond acceptors (Lipinski definition) is 4. The summed E-state index contributed by atoms with van der Waals surface area (Å²) in [4.78, 5) is 4.28. The molecule has 5 nitrogen and oxygen atoms in total. The maximum absolute atomic E-state index is 5.73. The lowest BCUT2D eigenvalue weighted by molar-refractivity contribution is 0.328. The molecule has 0 aliphatic heterocycles. The summed E-state index contributed by atoms with van der Waals surface area (Å²) in [6, 6.07) is 3.54. The third-order valence-corrected chi connectivity index (χ3v) is 2.35. The van der Waals surface area contributed by atoms with Crippen LogP contribution in [0.4, 0.5) is 5.69 Å². The van der Waals surface area contributed by atoms with Gasteiger partial charge < -0.3 is 10.5 Å². The zero-order valence-electron chi connectivity index (χ0n) is 8.72. The van der Waals surface area contributed by atoms with Crippen molar-refractivity contribution in [3.8, 4) is 11.7 Å². The summed E-state index contributed by atoms with van der Waals surface area (Å²) < 4.78 is 7.85. The van der Waals surface area contributed by atoms with E-state index in [0.29, 0.717) is 24.0 Å². The maximum atomic E-state index is 5.73. The normalized spacial score (nSPS) is 10.4. The van der Waals surface area contributed by atoms with Crippen molar-refractivity contribution < 1.29 is 4.74 Å². The van der Waals surface area contributed by atoms with Crippen LogP contribution in [0, 0.1) is 0 Å². The summed E-state index contributed by atoms with van der Waals surface area (Å²) in [5.74, 6) is 1.11. The fourth-order valence-electron chi connectivity index (χ4n) is 1.25. The Hall–Kier alpha value is -1.56. The van der Waals surface area contributed by atoms with Crippen LogP contribution in [-0.2, 0) is 0 Å². The Morgan fingerprint density at radius 3 is 2.94 bits per heavy atom. The van der Waals surface area contributed by atoms with E-state index in [1.54, 1.807) is 23.0 Å². The van der Waals surface area contributed by atoms with Crippen LogP contribution in [0.15, 0.2) is 29.0 Å². The van der Waals surface area contributed by atoms with Gasteiger partial charge in [-0.05, 0) is 35.0 Å². The molecule has 0 unspecified atom stereocenters. The minimum absolute atomic E-state index is 0.437. The molecule has 2 rings (SSSR count). The van der Waals surface area contributed by atoms with Crippen LogP contribution >= 0.6 is 15.9 Å². The summed E-state index contributed by atoms with van der Waals surface area (Å²) in [7, 11) is 0. The summed E-state index contributed by atoms with van der Waals surface area (Å²) in [5.41, 5.74) is 6.26. The zero-order valence-corrected chi connectivity index (χ0v) is 10.3. The van der Waals surface area contributed by atoms with Crippen LogP contribution in [0.2, 0.25) is 0 Å².